The number of nitrogens with zero attached hydrogens (tertiary/aromatic N) is 3. The van der Waals surface area contributed by atoms with E-state index in [1.165, 1.54) is 17.8 Å². The largest absolute Gasteiger partial charge is 0.507 e. The van der Waals surface area contributed by atoms with Crippen molar-refractivity contribution in [2.45, 2.75) is 13.8 Å². The third kappa shape index (κ3) is 3.15. The number of aromatic nitrogens is 2. The summed E-state index contributed by atoms with van der Waals surface area (Å²) in [6.07, 6.45) is 1.24. The molecule has 0 atom stereocenters. The maximum absolute atomic E-state index is 12.1. The minimum absolute atomic E-state index is 0.0570. The second-order valence-corrected chi connectivity index (χ2v) is 5.23. The second kappa shape index (κ2) is 6.48. The van der Waals surface area contributed by atoms with Crippen molar-refractivity contribution < 1.29 is 9.90 Å². The number of aliphatic imine (C=N–C) groups is 1. The first-order valence-electron chi connectivity index (χ1n) is 7.10. The fourth-order valence-electron chi connectivity index (χ4n) is 2.17. The maximum atomic E-state index is 12.1. The number of allylic oxidation sites excluding steroid dienone is 1. The van der Waals surface area contributed by atoms with E-state index < -0.39 is 0 Å². The van der Waals surface area contributed by atoms with Gasteiger partial charge in [-0.1, -0.05) is 30.3 Å². The van der Waals surface area contributed by atoms with Gasteiger partial charge < -0.3 is 5.11 Å². The van der Waals surface area contributed by atoms with Gasteiger partial charge in [0, 0.05) is 25.9 Å². The number of ketones is 1. The lowest BCUT2D eigenvalue weighted by atomic mass is 10.1. The summed E-state index contributed by atoms with van der Waals surface area (Å²) < 4.78 is 3.10. The molecule has 2 rings (SSSR count). The van der Waals surface area contributed by atoms with Crippen LogP contribution in [0.5, 0.6) is 0 Å². The lowest BCUT2D eigenvalue weighted by Gasteiger charge is -2.04. The molecule has 0 bridgehead atoms. The Hall–Kier alpha value is -2.89. The van der Waals surface area contributed by atoms with E-state index in [1.54, 1.807) is 50.0 Å². The topological polar surface area (TPSA) is 76.6 Å². The lowest BCUT2D eigenvalue weighted by molar-refractivity contribution is -0.113. The highest BCUT2D eigenvalue weighted by Crippen LogP contribution is 2.17. The average Bonchev–Trinajstić information content (AvgIpc) is 2.72. The summed E-state index contributed by atoms with van der Waals surface area (Å²) in [6, 6.07) is 8.72. The predicted molar refractivity (Wildman–Crippen MR) is 90.2 cm³/mol. The summed E-state index contributed by atoms with van der Waals surface area (Å²) in [6.45, 7) is 3.11. The van der Waals surface area contributed by atoms with E-state index in [0.29, 0.717) is 11.3 Å². The number of hydrogen-bond donors (Lipinski definition) is 1. The fourth-order valence-corrected chi connectivity index (χ4v) is 2.17. The first kappa shape index (κ1) is 16.5. The van der Waals surface area contributed by atoms with E-state index >= 15 is 0 Å². The minimum atomic E-state index is -0.333. The third-order valence-electron chi connectivity index (χ3n) is 3.78. The zero-order valence-corrected chi connectivity index (χ0v) is 13.6. The normalized spacial score (nSPS) is 12.5. The number of carbonyl (C=O) groups excluding carboxylic acids is 1. The van der Waals surface area contributed by atoms with Crippen molar-refractivity contribution in [1.82, 2.24) is 9.36 Å². The Bertz CT molecular complexity index is 855. The molecule has 0 aliphatic rings. The summed E-state index contributed by atoms with van der Waals surface area (Å²) >= 11 is 0. The number of carbonyl (C=O) groups is 1. The summed E-state index contributed by atoms with van der Waals surface area (Å²) in [5.74, 6) is -0.493. The molecule has 0 aliphatic carbocycles. The van der Waals surface area contributed by atoms with Gasteiger partial charge in [-0.15, -0.1) is 0 Å². The fraction of sp³-hybridized carbons (Fsp3) is 0.235. The molecule has 0 saturated heterocycles. The van der Waals surface area contributed by atoms with Gasteiger partial charge in [-0.3, -0.25) is 19.0 Å². The van der Waals surface area contributed by atoms with Gasteiger partial charge in [0.2, 0.25) is 0 Å². The number of hydrogen-bond acceptors (Lipinski definition) is 4. The molecule has 0 radical (unpaired) electrons. The van der Waals surface area contributed by atoms with E-state index in [0.717, 1.165) is 0 Å². The van der Waals surface area contributed by atoms with E-state index in [1.807, 2.05) is 6.07 Å². The molecular weight excluding hydrogens is 294 g/mol. The molecule has 0 saturated carbocycles. The number of benzene rings is 1. The van der Waals surface area contributed by atoms with Crippen LogP contribution in [-0.2, 0) is 18.9 Å². The molecule has 23 heavy (non-hydrogen) atoms. The summed E-state index contributed by atoms with van der Waals surface area (Å²) in [7, 11) is 3.39. The van der Waals surface area contributed by atoms with Crippen LogP contribution >= 0.6 is 0 Å². The standard InChI is InChI=1S/C17H19N3O3/c1-11-15(17(23)20(4)19(11)3)18-10-14(12(2)21)16(22)13-8-6-5-7-9-13/h5-10,22H,1-4H3. The van der Waals surface area contributed by atoms with Crippen molar-refractivity contribution in [3.63, 3.8) is 0 Å². The minimum Gasteiger partial charge on any atom is -0.507 e. The van der Waals surface area contributed by atoms with E-state index in [9.17, 15) is 14.7 Å². The molecule has 120 valence electrons. The first-order chi connectivity index (χ1) is 10.8. The number of aliphatic hydroxyl groups excluding tert-OH is 1. The van der Waals surface area contributed by atoms with Crippen LogP contribution in [-0.4, -0.2) is 26.5 Å². The highest BCUT2D eigenvalue weighted by molar-refractivity contribution is 6.17. The molecule has 0 aliphatic heterocycles. The Labute approximate surface area is 134 Å². The molecule has 1 aromatic heterocycles. The van der Waals surface area contributed by atoms with Gasteiger partial charge in [0.15, 0.2) is 11.5 Å². The van der Waals surface area contributed by atoms with Gasteiger partial charge in [0.05, 0.1) is 11.3 Å². The number of rotatable bonds is 4. The molecule has 1 heterocycles. The Morgan fingerprint density at radius 1 is 1.17 bits per heavy atom. The Balaban J connectivity index is 2.52. The average molecular weight is 313 g/mol. The van der Waals surface area contributed by atoms with Gasteiger partial charge >= 0.3 is 0 Å². The van der Waals surface area contributed by atoms with Crippen molar-refractivity contribution in [3.8, 4) is 0 Å². The molecule has 1 aromatic carbocycles. The Morgan fingerprint density at radius 2 is 1.78 bits per heavy atom. The SMILES string of the molecule is CC(=O)C(C=Nc1c(C)n(C)n(C)c1=O)=C(O)c1ccccc1. The smallest absolute Gasteiger partial charge is 0.292 e. The van der Waals surface area contributed by atoms with Crippen molar-refractivity contribution in [2.24, 2.45) is 19.1 Å². The van der Waals surface area contributed by atoms with Gasteiger partial charge in [-0.05, 0) is 13.8 Å². The van der Waals surface area contributed by atoms with Crippen LogP contribution < -0.4 is 5.56 Å². The van der Waals surface area contributed by atoms with Crippen LogP contribution in [0.3, 0.4) is 0 Å². The van der Waals surface area contributed by atoms with E-state index in [4.69, 9.17) is 0 Å². The van der Waals surface area contributed by atoms with Gasteiger partial charge in [0.1, 0.15) is 5.76 Å². The summed E-state index contributed by atoms with van der Waals surface area (Å²) in [5, 5.41) is 10.3. The van der Waals surface area contributed by atoms with Crippen LogP contribution in [0.25, 0.3) is 5.76 Å². The zero-order valence-electron chi connectivity index (χ0n) is 13.6. The molecule has 0 unspecified atom stereocenters. The molecule has 6 heteroatoms. The van der Waals surface area contributed by atoms with Crippen molar-refractivity contribution in [1.29, 1.82) is 0 Å². The number of Topliss-reactive ketones (excluding diaryl/α,β-unsaturated/α-hetero) is 1. The van der Waals surface area contributed by atoms with Crippen LogP contribution in [0.2, 0.25) is 0 Å². The second-order valence-electron chi connectivity index (χ2n) is 5.23. The van der Waals surface area contributed by atoms with Crippen LogP contribution in [0.1, 0.15) is 18.2 Å². The number of aliphatic hydroxyl groups is 1. The van der Waals surface area contributed by atoms with Crippen molar-refractivity contribution >= 4 is 23.4 Å². The van der Waals surface area contributed by atoms with Gasteiger partial charge in [-0.2, -0.15) is 0 Å². The van der Waals surface area contributed by atoms with E-state index in [-0.39, 0.29) is 28.4 Å². The monoisotopic (exact) mass is 313 g/mol. The molecule has 2 aromatic rings. The maximum Gasteiger partial charge on any atom is 0.292 e. The predicted octanol–water partition coefficient (Wildman–Crippen LogP) is 2.29. The Morgan fingerprint density at radius 3 is 2.26 bits per heavy atom. The van der Waals surface area contributed by atoms with Crippen molar-refractivity contribution in [2.75, 3.05) is 0 Å². The third-order valence-corrected chi connectivity index (χ3v) is 3.78. The summed E-state index contributed by atoms with van der Waals surface area (Å²) in [5.41, 5.74) is 1.23. The zero-order chi connectivity index (χ0) is 17.1. The molecular formula is C17H19N3O3. The quantitative estimate of drug-likeness (QED) is 0.534. The molecule has 0 spiro atoms. The van der Waals surface area contributed by atoms with Crippen LogP contribution in [0.4, 0.5) is 5.69 Å². The molecule has 0 fully saturated rings. The van der Waals surface area contributed by atoms with E-state index in [2.05, 4.69) is 4.99 Å². The highest BCUT2D eigenvalue weighted by atomic mass is 16.3. The van der Waals surface area contributed by atoms with Crippen LogP contribution in [0.15, 0.2) is 45.7 Å². The summed E-state index contributed by atoms with van der Waals surface area (Å²) in [4.78, 5) is 28.1. The first-order valence-corrected chi connectivity index (χ1v) is 7.10. The highest BCUT2D eigenvalue weighted by Gasteiger charge is 2.14. The van der Waals surface area contributed by atoms with Crippen LogP contribution in [0, 0.1) is 6.92 Å². The lowest BCUT2D eigenvalue weighted by Crippen LogP contribution is -2.16. The van der Waals surface area contributed by atoms with Crippen molar-refractivity contribution in [3.05, 3.63) is 57.5 Å². The molecule has 6 nitrogen and oxygen atoms in total. The molecule has 1 N–H and O–H groups in total. The van der Waals surface area contributed by atoms with Gasteiger partial charge in [-0.25, -0.2) is 4.99 Å². The van der Waals surface area contributed by atoms with Gasteiger partial charge in [0.25, 0.3) is 5.56 Å². The Kier molecular flexibility index (Phi) is 4.64. The molecule has 0 amide bonds.